The van der Waals surface area contributed by atoms with Gasteiger partial charge < -0.3 is 9.22 Å². The Balaban J connectivity index is 2.17. The molecule has 0 amide bonds. The molecule has 2 heteroatoms. The SMILES string of the molecule is C[N+](C)(C)C(CC1CO1)c1ccccc1. The van der Waals surface area contributed by atoms with Gasteiger partial charge in [-0.15, -0.1) is 0 Å². The van der Waals surface area contributed by atoms with Crippen LogP contribution in [0.1, 0.15) is 18.0 Å². The molecule has 1 fully saturated rings. The molecule has 2 rings (SSSR count). The van der Waals surface area contributed by atoms with Gasteiger partial charge in [-0.2, -0.15) is 0 Å². The van der Waals surface area contributed by atoms with Crippen LogP contribution in [-0.2, 0) is 4.74 Å². The Morgan fingerprint density at radius 2 is 1.87 bits per heavy atom. The molecule has 15 heavy (non-hydrogen) atoms. The summed E-state index contributed by atoms with van der Waals surface area (Å²) in [5, 5.41) is 0. The Morgan fingerprint density at radius 3 is 2.33 bits per heavy atom. The van der Waals surface area contributed by atoms with Crippen LogP contribution in [0, 0.1) is 0 Å². The fourth-order valence-electron chi connectivity index (χ4n) is 2.03. The standard InChI is InChI=1S/C13H20NO/c1-14(2,3)13(9-12-10-15-12)11-7-5-4-6-8-11/h4-8,12-13H,9-10H2,1-3H3/q+1. The minimum absolute atomic E-state index is 0.493. The van der Waals surface area contributed by atoms with Crippen molar-refractivity contribution < 1.29 is 9.22 Å². The molecule has 0 saturated carbocycles. The van der Waals surface area contributed by atoms with E-state index in [0.717, 1.165) is 17.5 Å². The van der Waals surface area contributed by atoms with Crippen molar-refractivity contribution in [3.8, 4) is 0 Å². The number of epoxide rings is 1. The predicted octanol–water partition coefficient (Wildman–Crippen LogP) is 2.22. The highest BCUT2D eigenvalue weighted by molar-refractivity contribution is 5.17. The maximum atomic E-state index is 5.35. The molecule has 1 heterocycles. The summed E-state index contributed by atoms with van der Waals surface area (Å²) in [6.07, 6.45) is 1.63. The van der Waals surface area contributed by atoms with E-state index in [1.807, 2.05) is 0 Å². The van der Waals surface area contributed by atoms with E-state index in [-0.39, 0.29) is 0 Å². The largest absolute Gasteiger partial charge is 0.373 e. The Kier molecular flexibility index (Phi) is 2.81. The Labute approximate surface area is 92.1 Å². The van der Waals surface area contributed by atoms with Crippen molar-refractivity contribution >= 4 is 0 Å². The number of quaternary nitrogens is 1. The minimum Gasteiger partial charge on any atom is -0.373 e. The Morgan fingerprint density at radius 1 is 1.27 bits per heavy atom. The first-order valence-corrected chi connectivity index (χ1v) is 5.55. The van der Waals surface area contributed by atoms with Crippen molar-refractivity contribution in [1.29, 1.82) is 0 Å². The number of ether oxygens (including phenoxy) is 1. The van der Waals surface area contributed by atoms with E-state index >= 15 is 0 Å². The van der Waals surface area contributed by atoms with Crippen molar-refractivity contribution in [3.63, 3.8) is 0 Å². The van der Waals surface area contributed by atoms with Crippen LogP contribution in [0.3, 0.4) is 0 Å². The van der Waals surface area contributed by atoms with Gasteiger partial charge in [0, 0.05) is 12.0 Å². The van der Waals surface area contributed by atoms with E-state index in [2.05, 4.69) is 51.5 Å². The van der Waals surface area contributed by atoms with Gasteiger partial charge in [-0.25, -0.2) is 0 Å². The third kappa shape index (κ3) is 2.80. The molecule has 2 atom stereocenters. The smallest absolute Gasteiger partial charge is 0.117 e. The Hall–Kier alpha value is -0.860. The lowest BCUT2D eigenvalue weighted by molar-refractivity contribution is -0.902. The van der Waals surface area contributed by atoms with Crippen molar-refractivity contribution in [1.82, 2.24) is 0 Å². The van der Waals surface area contributed by atoms with Crippen molar-refractivity contribution in [3.05, 3.63) is 35.9 Å². The van der Waals surface area contributed by atoms with Gasteiger partial charge in [0.25, 0.3) is 0 Å². The lowest BCUT2D eigenvalue weighted by Crippen LogP contribution is -2.39. The van der Waals surface area contributed by atoms with Crippen LogP contribution in [0.25, 0.3) is 0 Å². The van der Waals surface area contributed by atoms with Crippen LogP contribution in [-0.4, -0.2) is 38.3 Å². The molecule has 1 aromatic rings. The van der Waals surface area contributed by atoms with E-state index in [1.165, 1.54) is 5.56 Å². The number of hydrogen-bond acceptors (Lipinski definition) is 1. The van der Waals surface area contributed by atoms with Gasteiger partial charge in [0.1, 0.15) is 6.04 Å². The molecule has 0 spiro atoms. The summed E-state index contributed by atoms with van der Waals surface area (Å²) in [5.41, 5.74) is 1.42. The zero-order valence-electron chi connectivity index (χ0n) is 9.81. The van der Waals surface area contributed by atoms with Crippen LogP contribution in [0.5, 0.6) is 0 Å². The summed E-state index contributed by atoms with van der Waals surface area (Å²) in [6.45, 7) is 0.948. The van der Waals surface area contributed by atoms with Crippen molar-refractivity contribution in [2.45, 2.75) is 18.6 Å². The van der Waals surface area contributed by atoms with Gasteiger partial charge in [-0.05, 0) is 0 Å². The van der Waals surface area contributed by atoms with E-state index in [0.29, 0.717) is 12.1 Å². The summed E-state index contributed by atoms with van der Waals surface area (Å²) in [4.78, 5) is 0. The first-order valence-electron chi connectivity index (χ1n) is 5.55. The molecule has 0 radical (unpaired) electrons. The number of rotatable bonds is 4. The topological polar surface area (TPSA) is 12.5 Å². The second-order valence-electron chi connectivity index (χ2n) is 5.23. The molecule has 1 saturated heterocycles. The molecular weight excluding hydrogens is 186 g/mol. The summed E-state index contributed by atoms with van der Waals surface area (Å²) >= 11 is 0. The molecule has 82 valence electrons. The maximum Gasteiger partial charge on any atom is 0.117 e. The summed E-state index contributed by atoms with van der Waals surface area (Å²) < 4.78 is 6.31. The molecule has 1 aliphatic rings. The van der Waals surface area contributed by atoms with Gasteiger partial charge in [0.15, 0.2) is 0 Å². The molecule has 1 aromatic carbocycles. The quantitative estimate of drug-likeness (QED) is 0.543. The molecule has 2 nitrogen and oxygen atoms in total. The normalized spacial score (nSPS) is 22.5. The van der Waals surface area contributed by atoms with Crippen LogP contribution in [0.15, 0.2) is 30.3 Å². The monoisotopic (exact) mass is 206 g/mol. The van der Waals surface area contributed by atoms with Crippen LogP contribution < -0.4 is 0 Å². The van der Waals surface area contributed by atoms with Gasteiger partial charge >= 0.3 is 0 Å². The zero-order chi connectivity index (χ0) is 10.9. The lowest BCUT2D eigenvalue weighted by atomic mass is 10.00. The van der Waals surface area contributed by atoms with Gasteiger partial charge in [-0.3, -0.25) is 0 Å². The summed E-state index contributed by atoms with van der Waals surface area (Å²) in [6, 6.07) is 11.3. The average Bonchev–Trinajstić information content (AvgIpc) is 2.97. The number of benzene rings is 1. The third-order valence-electron chi connectivity index (χ3n) is 3.01. The fourth-order valence-corrected chi connectivity index (χ4v) is 2.03. The van der Waals surface area contributed by atoms with Crippen LogP contribution in [0.4, 0.5) is 0 Å². The predicted molar refractivity (Wildman–Crippen MR) is 61.6 cm³/mol. The first kappa shape index (κ1) is 10.7. The van der Waals surface area contributed by atoms with Crippen molar-refractivity contribution in [2.75, 3.05) is 27.7 Å². The fraction of sp³-hybridized carbons (Fsp3) is 0.538. The van der Waals surface area contributed by atoms with Crippen molar-refractivity contribution in [2.24, 2.45) is 0 Å². The molecule has 2 unspecified atom stereocenters. The van der Waals surface area contributed by atoms with Crippen LogP contribution >= 0.6 is 0 Å². The second-order valence-corrected chi connectivity index (χ2v) is 5.23. The van der Waals surface area contributed by atoms with E-state index in [1.54, 1.807) is 0 Å². The molecule has 0 bridgehead atoms. The summed E-state index contributed by atoms with van der Waals surface area (Å²) in [5.74, 6) is 0. The molecular formula is C13H20NO+. The summed E-state index contributed by atoms with van der Waals surface area (Å²) in [7, 11) is 6.75. The third-order valence-corrected chi connectivity index (χ3v) is 3.01. The second kappa shape index (κ2) is 3.95. The van der Waals surface area contributed by atoms with Gasteiger partial charge in [0.2, 0.25) is 0 Å². The lowest BCUT2D eigenvalue weighted by Gasteiger charge is -2.34. The highest BCUT2D eigenvalue weighted by atomic mass is 16.6. The highest BCUT2D eigenvalue weighted by Crippen LogP contribution is 2.32. The molecule has 0 N–H and O–H groups in total. The molecule has 1 aliphatic heterocycles. The first-order chi connectivity index (χ1) is 7.07. The van der Waals surface area contributed by atoms with E-state index < -0.39 is 0 Å². The van der Waals surface area contributed by atoms with Gasteiger partial charge in [0.05, 0.1) is 33.9 Å². The van der Waals surface area contributed by atoms with E-state index in [9.17, 15) is 0 Å². The average molecular weight is 206 g/mol. The Bertz CT molecular complexity index is 311. The maximum absolute atomic E-state index is 5.35. The minimum atomic E-state index is 0.493. The highest BCUT2D eigenvalue weighted by Gasteiger charge is 2.34. The zero-order valence-corrected chi connectivity index (χ0v) is 9.81. The number of hydrogen-bond donors (Lipinski definition) is 0. The number of nitrogens with zero attached hydrogens (tertiary/aromatic N) is 1. The van der Waals surface area contributed by atoms with Crippen LogP contribution in [0.2, 0.25) is 0 Å². The van der Waals surface area contributed by atoms with Gasteiger partial charge in [-0.1, -0.05) is 30.3 Å². The molecule has 0 aromatic heterocycles. The van der Waals surface area contributed by atoms with E-state index in [4.69, 9.17) is 4.74 Å². The molecule has 0 aliphatic carbocycles.